The first-order valence-electron chi connectivity index (χ1n) is 11.5. The van der Waals surface area contributed by atoms with Crippen molar-refractivity contribution in [3.05, 3.63) is 29.6 Å². The highest BCUT2D eigenvalue weighted by Gasteiger charge is 2.28. The minimum atomic E-state index is -0.351. The van der Waals surface area contributed by atoms with Gasteiger partial charge in [0.05, 0.1) is 11.4 Å². The van der Waals surface area contributed by atoms with Crippen LogP contribution in [0.2, 0.25) is 0 Å². The average molecular weight is 423 g/mol. The number of fused-ring (bicyclic) bond motifs is 1. The van der Waals surface area contributed by atoms with Gasteiger partial charge in [-0.1, -0.05) is 24.5 Å². The first-order valence-corrected chi connectivity index (χ1v) is 11.5. The molecule has 1 aromatic carbocycles. The van der Waals surface area contributed by atoms with Gasteiger partial charge < -0.3 is 16.0 Å². The molecular weight excluding hydrogens is 388 g/mol. The Kier molecular flexibility index (Phi) is 6.12. The molecule has 1 saturated carbocycles. The van der Waals surface area contributed by atoms with E-state index in [2.05, 4.69) is 38.9 Å². The standard InChI is InChI=1S/C24H34N6O/c1-15-11-12-17-16(14-15)21(29-22(27-17)23(31)30-24(2,3)4)28-19-9-6-5-8-18(19)26-20-10-7-13-25-20/h11-12,14,18-19H,5-10,13H2,1-4H3,(H,25,26)(H,30,31)(H,27,28,29)/t18-,19+/m1/s1. The van der Waals surface area contributed by atoms with Crippen LogP contribution in [0.15, 0.2) is 23.2 Å². The number of aliphatic imine (C=N–C) groups is 1. The van der Waals surface area contributed by atoms with Crippen LogP contribution in [0, 0.1) is 6.92 Å². The predicted molar refractivity (Wildman–Crippen MR) is 126 cm³/mol. The van der Waals surface area contributed by atoms with Gasteiger partial charge in [0.2, 0.25) is 5.82 Å². The molecule has 0 unspecified atom stereocenters. The van der Waals surface area contributed by atoms with Gasteiger partial charge in [-0.15, -0.1) is 0 Å². The molecule has 31 heavy (non-hydrogen) atoms. The lowest BCUT2D eigenvalue weighted by Crippen LogP contribution is -2.48. The van der Waals surface area contributed by atoms with Crippen molar-refractivity contribution < 1.29 is 4.79 Å². The number of anilines is 1. The zero-order valence-electron chi connectivity index (χ0n) is 19.1. The number of rotatable bonds is 4. The van der Waals surface area contributed by atoms with Crippen LogP contribution in [0.25, 0.3) is 10.9 Å². The number of hydrogen-bond donors (Lipinski definition) is 3. The monoisotopic (exact) mass is 422 g/mol. The molecule has 0 radical (unpaired) electrons. The SMILES string of the molecule is Cc1ccc2nc(C(=O)NC(C)(C)C)nc(N[C@H]3CCCC[C@H]3NC3=NCCC3)c2c1. The lowest BCUT2D eigenvalue weighted by atomic mass is 9.90. The number of amidine groups is 1. The third-order valence-corrected chi connectivity index (χ3v) is 5.86. The van der Waals surface area contributed by atoms with Crippen LogP contribution in [-0.2, 0) is 0 Å². The number of hydrogen-bond acceptors (Lipinski definition) is 6. The summed E-state index contributed by atoms with van der Waals surface area (Å²) < 4.78 is 0. The second-order valence-corrected chi connectivity index (χ2v) is 9.84. The van der Waals surface area contributed by atoms with Crippen LogP contribution in [0.4, 0.5) is 5.82 Å². The number of carbonyl (C=O) groups excluding carboxylic acids is 1. The van der Waals surface area contributed by atoms with Crippen molar-refractivity contribution in [1.82, 2.24) is 20.6 Å². The van der Waals surface area contributed by atoms with Gasteiger partial charge in [-0.2, -0.15) is 0 Å². The molecule has 1 amide bonds. The third-order valence-electron chi connectivity index (χ3n) is 5.86. The predicted octanol–water partition coefficient (Wildman–Crippen LogP) is 3.97. The number of nitrogens with zero attached hydrogens (tertiary/aromatic N) is 3. The molecule has 1 aromatic heterocycles. The van der Waals surface area contributed by atoms with Crippen LogP contribution < -0.4 is 16.0 Å². The zero-order chi connectivity index (χ0) is 22.0. The Morgan fingerprint density at radius 2 is 1.77 bits per heavy atom. The molecule has 2 heterocycles. The minimum Gasteiger partial charge on any atom is -0.369 e. The number of amides is 1. The van der Waals surface area contributed by atoms with Crippen LogP contribution in [0.5, 0.6) is 0 Å². The van der Waals surface area contributed by atoms with E-state index in [0.717, 1.165) is 60.3 Å². The highest BCUT2D eigenvalue weighted by atomic mass is 16.2. The zero-order valence-corrected chi connectivity index (χ0v) is 19.1. The number of nitrogens with one attached hydrogen (secondary N) is 3. The average Bonchev–Trinajstić information content (AvgIpc) is 3.21. The summed E-state index contributed by atoms with van der Waals surface area (Å²) in [5.41, 5.74) is 1.57. The molecule has 2 aliphatic rings. The number of aromatic nitrogens is 2. The molecule has 1 aliphatic heterocycles. The Bertz CT molecular complexity index is 993. The molecule has 7 nitrogen and oxygen atoms in total. The van der Waals surface area contributed by atoms with Crippen molar-refractivity contribution in [1.29, 1.82) is 0 Å². The van der Waals surface area contributed by atoms with E-state index in [1.165, 1.54) is 12.8 Å². The van der Waals surface area contributed by atoms with E-state index in [1.807, 2.05) is 32.9 Å². The van der Waals surface area contributed by atoms with Crippen molar-refractivity contribution in [2.24, 2.45) is 4.99 Å². The van der Waals surface area contributed by atoms with Crippen molar-refractivity contribution >= 4 is 28.5 Å². The van der Waals surface area contributed by atoms with Gasteiger partial charge >= 0.3 is 0 Å². The van der Waals surface area contributed by atoms with Crippen LogP contribution in [0.3, 0.4) is 0 Å². The molecule has 0 spiro atoms. The van der Waals surface area contributed by atoms with Crippen molar-refractivity contribution in [2.45, 2.75) is 83.8 Å². The van der Waals surface area contributed by atoms with E-state index in [0.29, 0.717) is 6.04 Å². The summed E-state index contributed by atoms with van der Waals surface area (Å²) in [5, 5.41) is 11.3. The second-order valence-electron chi connectivity index (χ2n) is 9.84. The normalized spacial score (nSPS) is 21.6. The fourth-order valence-electron chi connectivity index (χ4n) is 4.37. The van der Waals surface area contributed by atoms with Crippen LogP contribution in [0.1, 0.15) is 75.5 Å². The Balaban J connectivity index is 1.65. The van der Waals surface area contributed by atoms with E-state index >= 15 is 0 Å². The van der Waals surface area contributed by atoms with Gasteiger partial charge in [0, 0.05) is 36.0 Å². The first kappa shape index (κ1) is 21.5. The van der Waals surface area contributed by atoms with E-state index in [4.69, 9.17) is 4.98 Å². The molecule has 0 bridgehead atoms. The number of carbonyl (C=O) groups is 1. The first-order chi connectivity index (χ1) is 14.8. The Morgan fingerprint density at radius 1 is 1.03 bits per heavy atom. The Hall–Kier alpha value is -2.70. The molecule has 2 aromatic rings. The molecule has 2 atom stereocenters. The fraction of sp³-hybridized carbons (Fsp3) is 0.583. The van der Waals surface area contributed by atoms with Crippen molar-refractivity contribution in [3.8, 4) is 0 Å². The Labute approximate surface area is 184 Å². The van der Waals surface area contributed by atoms with E-state index in [9.17, 15) is 4.79 Å². The molecule has 1 aliphatic carbocycles. The van der Waals surface area contributed by atoms with Gasteiger partial charge in [0.25, 0.3) is 5.91 Å². The maximum atomic E-state index is 12.8. The summed E-state index contributed by atoms with van der Waals surface area (Å²) >= 11 is 0. The van der Waals surface area contributed by atoms with Crippen molar-refractivity contribution in [2.75, 3.05) is 11.9 Å². The van der Waals surface area contributed by atoms with E-state index in [1.54, 1.807) is 0 Å². The molecule has 7 heteroatoms. The molecule has 3 N–H and O–H groups in total. The molecule has 1 fully saturated rings. The van der Waals surface area contributed by atoms with Gasteiger partial charge in [0.15, 0.2) is 0 Å². The summed E-state index contributed by atoms with van der Waals surface area (Å²) in [7, 11) is 0. The van der Waals surface area contributed by atoms with Gasteiger partial charge in [0.1, 0.15) is 5.82 Å². The largest absolute Gasteiger partial charge is 0.369 e. The topological polar surface area (TPSA) is 91.3 Å². The number of aryl methyl sites for hydroxylation is 1. The summed E-state index contributed by atoms with van der Waals surface area (Å²) in [6, 6.07) is 6.62. The lowest BCUT2D eigenvalue weighted by molar-refractivity contribution is 0.0909. The van der Waals surface area contributed by atoms with Gasteiger partial charge in [-0.05, 0) is 59.1 Å². The van der Waals surface area contributed by atoms with E-state index < -0.39 is 0 Å². The smallest absolute Gasteiger partial charge is 0.289 e. The molecule has 4 rings (SSSR count). The highest BCUT2D eigenvalue weighted by Crippen LogP contribution is 2.27. The maximum Gasteiger partial charge on any atom is 0.289 e. The Morgan fingerprint density at radius 3 is 2.45 bits per heavy atom. The second kappa shape index (κ2) is 8.81. The van der Waals surface area contributed by atoms with E-state index in [-0.39, 0.29) is 23.3 Å². The third kappa shape index (κ3) is 5.32. The highest BCUT2D eigenvalue weighted by molar-refractivity contribution is 5.97. The van der Waals surface area contributed by atoms with Gasteiger partial charge in [-0.3, -0.25) is 9.79 Å². The fourth-order valence-corrected chi connectivity index (χ4v) is 4.37. The summed E-state index contributed by atoms with van der Waals surface area (Å²) in [5.74, 6) is 1.82. The summed E-state index contributed by atoms with van der Waals surface area (Å²) in [6.45, 7) is 8.86. The number of benzene rings is 1. The van der Waals surface area contributed by atoms with Crippen molar-refractivity contribution in [3.63, 3.8) is 0 Å². The minimum absolute atomic E-state index is 0.203. The molecular formula is C24H34N6O. The quantitative estimate of drug-likeness (QED) is 0.693. The molecule has 0 saturated heterocycles. The molecule has 166 valence electrons. The summed E-state index contributed by atoms with van der Waals surface area (Å²) in [6.07, 6.45) is 6.74. The summed E-state index contributed by atoms with van der Waals surface area (Å²) in [4.78, 5) is 26.7. The maximum absolute atomic E-state index is 12.8. The van der Waals surface area contributed by atoms with Crippen LogP contribution in [-0.4, -0.2) is 45.9 Å². The lowest BCUT2D eigenvalue weighted by Gasteiger charge is -2.34. The van der Waals surface area contributed by atoms with Gasteiger partial charge in [-0.25, -0.2) is 9.97 Å². The van der Waals surface area contributed by atoms with Crippen LogP contribution >= 0.6 is 0 Å².